The number of nitrogens with zero attached hydrogens (tertiary/aromatic N) is 1. The van der Waals surface area contributed by atoms with Crippen LogP contribution < -0.4 is 9.80 Å². The van der Waals surface area contributed by atoms with Gasteiger partial charge in [-0.25, -0.2) is 4.90 Å². The minimum Gasteiger partial charge on any atom is -0.323 e. The third-order valence-electron chi connectivity index (χ3n) is 4.15. The smallest absolute Gasteiger partial charge is 0.292 e. The summed E-state index contributed by atoms with van der Waals surface area (Å²) in [5, 5.41) is 0. The van der Waals surface area contributed by atoms with E-state index >= 15 is 0 Å². The molecule has 3 rings (SSSR count). The van der Waals surface area contributed by atoms with Crippen molar-refractivity contribution in [2.45, 2.75) is 19.0 Å². The molecule has 0 aliphatic carbocycles. The Morgan fingerprint density at radius 1 is 1.09 bits per heavy atom. The van der Waals surface area contributed by atoms with Crippen LogP contribution in [0.4, 0.5) is 5.69 Å². The minimum atomic E-state index is -0.318. The molecule has 1 fully saturated rings. The maximum absolute atomic E-state index is 12.7. The lowest BCUT2D eigenvalue weighted by Gasteiger charge is -2.20. The van der Waals surface area contributed by atoms with E-state index in [1.165, 1.54) is 4.90 Å². The Morgan fingerprint density at radius 3 is 2.39 bits per heavy atom. The monoisotopic (exact) mass is 421 g/mol. The lowest BCUT2D eigenvalue weighted by atomic mass is 10.1. The SMILES string of the molecule is C[NH+](Cc1ccccc1)[C@H]1CC(=O)N(c2ccc(I)cc2)C1=O. The first kappa shape index (κ1) is 16.1. The summed E-state index contributed by atoms with van der Waals surface area (Å²) >= 11 is 2.20. The highest BCUT2D eigenvalue weighted by Gasteiger charge is 2.44. The average Bonchev–Trinajstić information content (AvgIpc) is 2.84. The van der Waals surface area contributed by atoms with Crippen LogP contribution >= 0.6 is 22.6 Å². The van der Waals surface area contributed by atoms with Gasteiger partial charge in [-0.2, -0.15) is 0 Å². The molecule has 2 aromatic carbocycles. The van der Waals surface area contributed by atoms with Gasteiger partial charge in [-0.3, -0.25) is 9.59 Å². The number of nitrogens with one attached hydrogen (secondary N) is 1. The largest absolute Gasteiger partial charge is 0.323 e. The maximum Gasteiger partial charge on any atom is 0.292 e. The first-order valence-electron chi connectivity index (χ1n) is 7.55. The second-order valence-corrected chi connectivity index (χ2v) is 7.05. The topological polar surface area (TPSA) is 41.8 Å². The van der Waals surface area contributed by atoms with Crippen molar-refractivity contribution in [1.82, 2.24) is 0 Å². The molecule has 0 bridgehead atoms. The van der Waals surface area contributed by atoms with E-state index in [1.54, 1.807) is 0 Å². The van der Waals surface area contributed by atoms with E-state index in [0.29, 0.717) is 5.69 Å². The van der Waals surface area contributed by atoms with Crippen molar-refractivity contribution in [3.8, 4) is 0 Å². The molecule has 4 nitrogen and oxygen atoms in total. The number of imide groups is 1. The summed E-state index contributed by atoms with van der Waals surface area (Å²) in [6.07, 6.45) is 0.267. The Hall–Kier alpha value is -1.73. The number of carbonyl (C=O) groups excluding carboxylic acids is 2. The van der Waals surface area contributed by atoms with Gasteiger partial charge in [0, 0.05) is 9.13 Å². The molecular weight excluding hydrogens is 403 g/mol. The fraction of sp³-hybridized carbons (Fsp3) is 0.222. The van der Waals surface area contributed by atoms with Gasteiger partial charge in [-0.15, -0.1) is 0 Å². The van der Waals surface area contributed by atoms with Crippen LogP contribution in [0.5, 0.6) is 0 Å². The average molecular weight is 421 g/mol. The van der Waals surface area contributed by atoms with Gasteiger partial charge >= 0.3 is 0 Å². The standard InChI is InChI=1S/C18H17IN2O2/c1-20(12-13-5-3-2-4-6-13)16-11-17(22)21(18(16)23)15-9-7-14(19)8-10-15/h2-10,16H,11-12H2,1H3/p+1/t16-/m0/s1. The van der Waals surface area contributed by atoms with Crippen molar-refractivity contribution in [3.63, 3.8) is 0 Å². The number of hydrogen-bond donors (Lipinski definition) is 1. The molecule has 1 aliphatic rings. The van der Waals surface area contributed by atoms with E-state index in [4.69, 9.17) is 0 Å². The van der Waals surface area contributed by atoms with Crippen LogP contribution in [0.1, 0.15) is 12.0 Å². The second-order valence-electron chi connectivity index (χ2n) is 5.81. The zero-order valence-electron chi connectivity index (χ0n) is 12.8. The molecule has 2 atom stereocenters. The number of rotatable bonds is 4. The van der Waals surface area contributed by atoms with Crippen LogP contribution in [-0.4, -0.2) is 24.9 Å². The van der Waals surface area contributed by atoms with E-state index in [-0.39, 0.29) is 24.3 Å². The summed E-state index contributed by atoms with van der Waals surface area (Å²) in [5.41, 5.74) is 1.83. The third kappa shape index (κ3) is 3.45. The van der Waals surface area contributed by atoms with Crippen LogP contribution in [0.2, 0.25) is 0 Å². The van der Waals surface area contributed by atoms with Crippen molar-refractivity contribution < 1.29 is 14.5 Å². The molecule has 0 radical (unpaired) electrons. The summed E-state index contributed by atoms with van der Waals surface area (Å²) in [5.74, 6) is -0.224. The van der Waals surface area contributed by atoms with Crippen molar-refractivity contribution in [1.29, 1.82) is 0 Å². The van der Waals surface area contributed by atoms with Gasteiger partial charge in [0.15, 0.2) is 6.04 Å². The fourth-order valence-corrected chi connectivity index (χ4v) is 3.28. The first-order valence-corrected chi connectivity index (χ1v) is 8.63. The summed E-state index contributed by atoms with van der Waals surface area (Å²) in [6.45, 7) is 0.727. The van der Waals surface area contributed by atoms with Gasteiger partial charge in [-0.05, 0) is 46.9 Å². The number of anilines is 1. The lowest BCUT2D eigenvalue weighted by Crippen LogP contribution is -3.12. The number of quaternary nitrogens is 1. The molecule has 1 aliphatic heterocycles. The van der Waals surface area contributed by atoms with E-state index in [1.807, 2.05) is 61.6 Å². The number of amides is 2. The fourth-order valence-electron chi connectivity index (χ4n) is 2.92. The van der Waals surface area contributed by atoms with Gasteiger partial charge in [0.2, 0.25) is 5.91 Å². The molecule has 23 heavy (non-hydrogen) atoms. The summed E-state index contributed by atoms with van der Waals surface area (Å²) in [6, 6.07) is 17.2. The normalized spacial score (nSPS) is 19.2. The minimum absolute atomic E-state index is 0.107. The Bertz CT molecular complexity index is 716. The molecule has 118 valence electrons. The van der Waals surface area contributed by atoms with Crippen LogP contribution in [0, 0.1) is 3.57 Å². The van der Waals surface area contributed by atoms with Crippen LogP contribution in [0.25, 0.3) is 0 Å². The molecule has 0 saturated carbocycles. The summed E-state index contributed by atoms with van der Waals surface area (Å²) in [7, 11) is 1.97. The summed E-state index contributed by atoms with van der Waals surface area (Å²) < 4.78 is 1.08. The van der Waals surface area contributed by atoms with Gasteiger partial charge in [0.05, 0.1) is 19.2 Å². The Kier molecular flexibility index (Phi) is 4.77. The quantitative estimate of drug-likeness (QED) is 0.603. The van der Waals surface area contributed by atoms with E-state index in [2.05, 4.69) is 22.6 Å². The Balaban J connectivity index is 1.76. The zero-order chi connectivity index (χ0) is 16.4. The van der Waals surface area contributed by atoms with Crippen LogP contribution in [0.15, 0.2) is 54.6 Å². The molecule has 1 unspecified atom stereocenters. The molecule has 2 aromatic rings. The van der Waals surface area contributed by atoms with Gasteiger partial charge < -0.3 is 4.90 Å². The Labute approximate surface area is 149 Å². The Morgan fingerprint density at radius 2 is 1.74 bits per heavy atom. The molecule has 0 aromatic heterocycles. The highest BCUT2D eigenvalue weighted by Crippen LogP contribution is 2.22. The highest BCUT2D eigenvalue weighted by molar-refractivity contribution is 14.1. The molecule has 0 spiro atoms. The molecule has 5 heteroatoms. The third-order valence-corrected chi connectivity index (χ3v) is 4.87. The predicted octanol–water partition coefficient (Wildman–Crippen LogP) is 1.64. The van der Waals surface area contributed by atoms with Gasteiger partial charge in [0.25, 0.3) is 5.91 Å². The highest BCUT2D eigenvalue weighted by atomic mass is 127. The number of carbonyl (C=O) groups is 2. The lowest BCUT2D eigenvalue weighted by molar-refractivity contribution is -0.908. The van der Waals surface area contributed by atoms with Gasteiger partial charge in [0.1, 0.15) is 6.54 Å². The van der Waals surface area contributed by atoms with Gasteiger partial charge in [-0.1, -0.05) is 30.3 Å². The number of likely N-dealkylation sites (N-methyl/N-ethyl adjacent to an activating group) is 1. The van der Waals surface area contributed by atoms with Crippen molar-refractivity contribution in [2.24, 2.45) is 0 Å². The number of halogens is 1. The van der Waals surface area contributed by atoms with Crippen molar-refractivity contribution in [2.75, 3.05) is 11.9 Å². The molecule has 1 saturated heterocycles. The molecule has 1 N–H and O–H groups in total. The van der Waals surface area contributed by atoms with E-state index < -0.39 is 0 Å². The van der Waals surface area contributed by atoms with E-state index in [9.17, 15) is 9.59 Å². The number of hydrogen-bond acceptors (Lipinski definition) is 2. The van der Waals surface area contributed by atoms with E-state index in [0.717, 1.165) is 20.6 Å². The van der Waals surface area contributed by atoms with Crippen LogP contribution in [-0.2, 0) is 16.1 Å². The zero-order valence-corrected chi connectivity index (χ0v) is 15.0. The summed E-state index contributed by atoms with van der Waals surface area (Å²) in [4.78, 5) is 27.4. The maximum atomic E-state index is 12.7. The second kappa shape index (κ2) is 6.80. The predicted molar refractivity (Wildman–Crippen MR) is 97.1 cm³/mol. The molecular formula is C18H18IN2O2+. The van der Waals surface area contributed by atoms with Crippen molar-refractivity contribution >= 4 is 40.1 Å². The molecule has 1 heterocycles. The van der Waals surface area contributed by atoms with Crippen LogP contribution in [0.3, 0.4) is 0 Å². The van der Waals surface area contributed by atoms with Crippen molar-refractivity contribution in [3.05, 3.63) is 63.7 Å². The number of benzene rings is 2. The molecule has 2 amide bonds. The first-order chi connectivity index (χ1) is 11.1.